The van der Waals surface area contributed by atoms with Crippen LogP contribution in [0.25, 0.3) is 11.1 Å². The second kappa shape index (κ2) is 9.27. The Balaban J connectivity index is 1.93. The summed E-state index contributed by atoms with van der Waals surface area (Å²) in [5, 5.41) is 10.2. The third kappa shape index (κ3) is 4.98. The molecule has 5 nitrogen and oxygen atoms in total. The van der Waals surface area contributed by atoms with Gasteiger partial charge < -0.3 is 14.7 Å². The lowest BCUT2D eigenvalue weighted by atomic mass is 9.86. The summed E-state index contributed by atoms with van der Waals surface area (Å²) in [5.74, 6) is -1.82. The van der Waals surface area contributed by atoms with Crippen molar-refractivity contribution in [2.45, 2.75) is 52.7 Å². The Morgan fingerprint density at radius 1 is 1.06 bits per heavy atom. The Labute approximate surface area is 205 Å². The normalized spacial score (nSPS) is 14.1. The maximum atomic E-state index is 13.8. The molecule has 0 bridgehead atoms. The molecule has 1 N–H and O–H groups in total. The number of hydrogen-bond acceptors (Lipinski definition) is 3. The monoisotopic (exact) mass is 475 g/mol. The van der Waals surface area contributed by atoms with E-state index in [2.05, 4.69) is 0 Å². The summed E-state index contributed by atoms with van der Waals surface area (Å²) in [6, 6.07) is 15.4. The summed E-state index contributed by atoms with van der Waals surface area (Å²) < 4.78 is 19.9. The van der Waals surface area contributed by atoms with Crippen molar-refractivity contribution >= 4 is 17.6 Å². The van der Waals surface area contributed by atoms with E-state index < -0.39 is 23.5 Å². The van der Waals surface area contributed by atoms with Gasteiger partial charge in [0.2, 0.25) is 0 Å². The van der Waals surface area contributed by atoms with E-state index >= 15 is 0 Å². The van der Waals surface area contributed by atoms with Gasteiger partial charge in [0.1, 0.15) is 5.82 Å². The van der Waals surface area contributed by atoms with Crippen molar-refractivity contribution in [3.63, 3.8) is 0 Å². The summed E-state index contributed by atoms with van der Waals surface area (Å²) in [4.78, 5) is 27.4. The molecule has 1 unspecified atom stereocenters. The van der Waals surface area contributed by atoms with Gasteiger partial charge in [0, 0.05) is 23.4 Å². The van der Waals surface area contributed by atoms with Gasteiger partial charge in [0.15, 0.2) is 6.10 Å². The third-order valence-corrected chi connectivity index (χ3v) is 6.15. The zero-order valence-electron chi connectivity index (χ0n) is 20.7. The van der Waals surface area contributed by atoms with Gasteiger partial charge in [-0.3, -0.25) is 4.79 Å². The van der Waals surface area contributed by atoms with Crippen LogP contribution in [0.15, 0.2) is 54.6 Å². The standard InChI is InChI=1S/C29H30FNO4/c1-17-9-11-19(12-10-17)25-22-13-14-31(27(32)20-7-6-8-21(30)16-20)23(22)15-18(2)24(25)26(28(33)34)35-29(3,4)5/h6-12,15-16,26H,13-14H2,1-5H3,(H,33,34). The molecule has 182 valence electrons. The van der Waals surface area contributed by atoms with E-state index in [0.717, 1.165) is 33.5 Å². The number of carboxylic acid groups (broad SMARTS) is 1. The van der Waals surface area contributed by atoms with Gasteiger partial charge in [-0.05, 0) is 87.6 Å². The van der Waals surface area contributed by atoms with Crippen molar-refractivity contribution in [2.75, 3.05) is 11.4 Å². The van der Waals surface area contributed by atoms with Crippen LogP contribution in [0.1, 0.15) is 59.5 Å². The molecule has 4 rings (SSSR count). The predicted octanol–water partition coefficient (Wildman–Crippen LogP) is 6.25. The van der Waals surface area contributed by atoms with E-state index in [1.165, 1.54) is 18.2 Å². The number of carbonyl (C=O) groups excluding carboxylic acids is 1. The molecule has 3 aromatic carbocycles. The fraction of sp³-hybridized carbons (Fsp3) is 0.310. The molecule has 1 heterocycles. The Morgan fingerprint density at radius 3 is 2.34 bits per heavy atom. The number of hydrogen-bond donors (Lipinski definition) is 1. The molecular weight excluding hydrogens is 445 g/mol. The molecule has 0 aromatic heterocycles. The molecule has 1 amide bonds. The lowest BCUT2D eigenvalue weighted by molar-refractivity contribution is -0.160. The van der Waals surface area contributed by atoms with E-state index in [9.17, 15) is 19.1 Å². The maximum absolute atomic E-state index is 13.8. The number of carbonyl (C=O) groups is 2. The number of anilines is 1. The van der Waals surface area contributed by atoms with Crippen LogP contribution < -0.4 is 4.90 Å². The van der Waals surface area contributed by atoms with Crippen molar-refractivity contribution in [3.8, 4) is 11.1 Å². The van der Waals surface area contributed by atoms with Crippen LogP contribution in [0.5, 0.6) is 0 Å². The lowest BCUT2D eigenvalue weighted by Crippen LogP contribution is -2.29. The largest absolute Gasteiger partial charge is 0.479 e. The fourth-order valence-electron chi connectivity index (χ4n) is 4.66. The van der Waals surface area contributed by atoms with Crippen molar-refractivity contribution < 1.29 is 23.8 Å². The molecule has 1 atom stereocenters. The number of amides is 1. The molecule has 0 spiro atoms. The minimum atomic E-state index is -1.18. The maximum Gasteiger partial charge on any atom is 0.337 e. The number of benzene rings is 3. The van der Waals surface area contributed by atoms with E-state index in [1.807, 2.05) is 65.0 Å². The lowest BCUT2D eigenvalue weighted by Gasteiger charge is -2.29. The zero-order valence-corrected chi connectivity index (χ0v) is 20.7. The van der Waals surface area contributed by atoms with Crippen molar-refractivity contribution in [1.82, 2.24) is 0 Å². The minimum Gasteiger partial charge on any atom is -0.479 e. The zero-order chi connectivity index (χ0) is 25.5. The van der Waals surface area contributed by atoms with Gasteiger partial charge in [-0.1, -0.05) is 35.9 Å². The van der Waals surface area contributed by atoms with Gasteiger partial charge in [0.05, 0.1) is 5.60 Å². The number of ether oxygens (including phenoxy) is 1. The van der Waals surface area contributed by atoms with Gasteiger partial charge in [0.25, 0.3) is 5.91 Å². The number of fused-ring (bicyclic) bond motifs is 1. The van der Waals surface area contributed by atoms with Crippen LogP contribution in [-0.4, -0.2) is 29.1 Å². The predicted molar refractivity (Wildman–Crippen MR) is 134 cm³/mol. The average Bonchev–Trinajstić information content (AvgIpc) is 3.19. The molecule has 0 aliphatic carbocycles. The first-order valence-electron chi connectivity index (χ1n) is 11.7. The Bertz CT molecular complexity index is 1290. The highest BCUT2D eigenvalue weighted by Gasteiger charge is 2.36. The highest BCUT2D eigenvalue weighted by Crippen LogP contribution is 2.44. The van der Waals surface area contributed by atoms with Crippen molar-refractivity contribution in [2.24, 2.45) is 0 Å². The average molecular weight is 476 g/mol. The Hall–Kier alpha value is -3.51. The molecule has 0 fully saturated rings. The first-order chi connectivity index (χ1) is 16.5. The van der Waals surface area contributed by atoms with Crippen LogP contribution in [0.3, 0.4) is 0 Å². The summed E-state index contributed by atoms with van der Waals surface area (Å²) in [6.07, 6.45) is -0.626. The first kappa shape index (κ1) is 24.6. The highest BCUT2D eigenvalue weighted by atomic mass is 19.1. The van der Waals surface area contributed by atoms with Crippen molar-refractivity contribution in [3.05, 3.63) is 88.2 Å². The molecule has 6 heteroatoms. The second-order valence-electron chi connectivity index (χ2n) is 10.0. The summed E-state index contributed by atoms with van der Waals surface area (Å²) in [6.45, 7) is 9.75. The molecule has 35 heavy (non-hydrogen) atoms. The van der Waals surface area contributed by atoms with Crippen LogP contribution >= 0.6 is 0 Å². The van der Waals surface area contributed by atoms with E-state index in [0.29, 0.717) is 18.5 Å². The topological polar surface area (TPSA) is 66.8 Å². The quantitative estimate of drug-likeness (QED) is 0.473. The van der Waals surface area contributed by atoms with E-state index in [1.54, 1.807) is 11.0 Å². The summed E-state index contributed by atoms with van der Waals surface area (Å²) >= 11 is 0. The molecule has 1 aliphatic heterocycles. The van der Waals surface area contributed by atoms with Gasteiger partial charge in [-0.2, -0.15) is 0 Å². The van der Waals surface area contributed by atoms with Crippen LogP contribution in [0.2, 0.25) is 0 Å². The summed E-state index contributed by atoms with van der Waals surface area (Å²) in [7, 11) is 0. The second-order valence-corrected chi connectivity index (χ2v) is 10.0. The van der Waals surface area contributed by atoms with Crippen molar-refractivity contribution in [1.29, 1.82) is 0 Å². The number of carboxylic acids is 1. The van der Waals surface area contributed by atoms with Crippen LogP contribution in [-0.2, 0) is 16.0 Å². The third-order valence-electron chi connectivity index (χ3n) is 6.15. The Kier molecular flexibility index (Phi) is 6.52. The highest BCUT2D eigenvalue weighted by molar-refractivity contribution is 6.08. The molecule has 0 saturated heterocycles. The van der Waals surface area contributed by atoms with E-state index in [4.69, 9.17) is 4.74 Å². The molecule has 3 aromatic rings. The molecular formula is C29H30FNO4. The summed E-state index contributed by atoms with van der Waals surface area (Å²) in [5.41, 5.74) is 5.25. The van der Waals surface area contributed by atoms with E-state index in [-0.39, 0.29) is 11.5 Å². The Morgan fingerprint density at radius 2 is 1.74 bits per heavy atom. The molecule has 1 aliphatic rings. The number of aryl methyl sites for hydroxylation is 2. The number of rotatable bonds is 5. The smallest absolute Gasteiger partial charge is 0.337 e. The van der Waals surface area contributed by atoms with Crippen LogP contribution in [0, 0.1) is 19.7 Å². The number of halogens is 1. The van der Waals surface area contributed by atoms with Crippen LogP contribution in [0.4, 0.5) is 10.1 Å². The van der Waals surface area contributed by atoms with Gasteiger partial charge in [-0.15, -0.1) is 0 Å². The fourth-order valence-corrected chi connectivity index (χ4v) is 4.66. The molecule has 0 radical (unpaired) electrons. The first-order valence-corrected chi connectivity index (χ1v) is 11.7. The number of aliphatic carboxylic acids is 1. The van der Waals surface area contributed by atoms with Gasteiger partial charge in [-0.25, -0.2) is 9.18 Å². The minimum absolute atomic E-state index is 0.274. The molecule has 0 saturated carbocycles. The SMILES string of the molecule is Cc1ccc(-c2c3c(cc(C)c2C(OC(C)(C)C)C(=O)O)N(C(=O)c2cccc(F)c2)CC3)cc1. The number of nitrogens with zero attached hydrogens (tertiary/aromatic N) is 1. The van der Waals surface area contributed by atoms with Gasteiger partial charge >= 0.3 is 5.97 Å².